The minimum atomic E-state index is -0.225. The van der Waals surface area contributed by atoms with Crippen LogP contribution >= 0.6 is 0 Å². The number of ether oxygens (including phenoxy) is 1. The van der Waals surface area contributed by atoms with Crippen LogP contribution < -0.4 is 15.4 Å². The molecule has 0 fully saturated rings. The summed E-state index contributed by atoms with van der Waals surface area (Å²) in [5.41, 5.74) is 1.65. The number of aliphatic imine (C=N–C) groups is 1. The van der Waals surface area contributed by atoms with Gasteiger partial charge in [-0.2, -0.15) is 0 Å². The van der Waals surface area contributed by atoms with Crippen molar-refractivity contribution in [2.45, 2.75) is 26.9 Å². The molecule has 2 aromatic carbocycles. The number of guanidine groups is 1. The lowest BCUT2D eigenvalue weighted by Gasteiger charge is -2.19. The van der Waals surface area contributed by atoms with Gasteiger partial charge in [-0.25, -0.2) is 4.39 Å². The summed E-state index contributed by atoms with van der Waals surface area (Å²) in [7, 11) is 1.70. The lowest BCUT2D eigenvalue weighted by atomic mass is 10.2. The molecule has 0 radical (unpaired) electrons. The maximum atomic E-state index is 13.8. The van der Waals surface area contributed by atoms with Crippen LogP contribution in [0.25, 0.3) is 0 Å². The molecule has 2 N–H and O–H groups in total. The van der Waals surface area contributed by atoms with Gasteiger partial charge in [0, 0.05) is 37.8 Å². The van der Waals surface area contributed by atoms with E-state index >= 15 is 0 Å². The van der Waals surface area contributed by atoms with Crippen LogP contribution in [0, 0.1) is 5.82 Å². The summed E-state index contributed by atoms with van der Waals surface area (Å²) in [6, 6.07) is 14.7. The van der Waals surface area contributed by atoms with E-state index in [1.165, 1.54) is 6.07 Å². The van der Waals surface area contributed by atoms with E-state index in [9.17, 15) is 4.39 Å². The Kier molecular flexibility index (Phi) is 9.28. The summed E-state index contributed by atoms with van der Waals surface area (Å²) in [4.78, 5) is 6.54. The van der Waals surface area contributed by atoms with Crippen molar-refractivity contribution in [2.24, 2.45) is 4.99 Å². The van der Waals surface area contributed by atoms with E-state index in [2.05, 4.69) is 34.4 Å². The number of hydrogen-bond acceptors (Lipinski definition) is 3. The van der Waals surface area contributed by atoms with Crippen LogP contribution in [0.4, 0.5) is 4.39 Å². The molecule has 0 aliphatic rings. The van der Waals surface area contributed by atoms with Gasteiger partial charge in [0.2, 0.25) is 0 Å². The SMILES string of the molecule is CCN(CC)CCOc1ccccc1CNC(=NC)NCc1ccccc1F. The van der Waals surface area contributed by atoms with Gasteiger partial charge < -0.3 is 20.3 Å². The predicted octanol–water partition coefficient (Wildman–Crippen LogP) is 3.41. The Morgan fingerprint density at radius 1 is 0.964 bits per heavy atom. The minimum absolute atomic E-state index is 0.225. The number of likely N-dealkylation sites (N-methyl/N-ethyl adjacent to an activating group) is 1. The highest BCUT2D eigenvalue weighted by atomic mass is 19.1. The van der Waals surface area contributed by atoms with E-state index in [4.69, 9.17) is 4.74 Å². The molecule has 6 heteroatoms. The molecule has 0 spiro atoms. The summed E-state index contributed by atoms with van der Waals surface area (Å²) in [5, 5.41) is 6.40. The van der Waals surface area contributed by atoms with Crippen molar-refractivity contribution in [3.63, 3.8) is 0 Å². The maximum absolute atomic E-state index is 13.8. The molecule has 0 amide bonds. The molecule has 152 valence electrons. The van der Waals surface area contributed by atoms with Crippen molar-refractivity contribution < 1.29 is 9.13 Å². The average molecular weight is 387 g/mol. The lowest BCUT2D eigenvalue weighted by molar-refractivity contribution is 0.221. The zero-order chi connectivity index (χ0) is 20.2. The lowest BCUT2D eigenvalue weighted by Crippen LogP contribution is -2.36. The van der Waals surface area contributed by atoms with Crippen molar-refractivity contribution in [1.82, 2.24) is 15.5 Å². The molecule has 0 atom stereocenters. The standard InChI is InChI=1S/C22H31FN4O/c1-4-27(5-2)14-15-28-21-13-9-7-11-19(21)17-26-22(24-3)25-16-18-10-6-8-12-20(18)23/h6-13H,4-5,14-17H2,1-3H3,(H2,24,25,26). The molecule has 0 bridgehead atoms. The summed E-state index contributed by atoms with van der Waals surface area (Å²) >= 11 is 0. The second-order valence-electron chi connectivity index (χ2n) is 6.35. The topological polar surface area (TPSA) is 48.9 Å². The molecule has 0 saturated heterocycles. The van der Waals surface area contributed by atoms with Gasteiger partial charge >= 0.3 is 0 Å². The van der Waals surface area contributed by atoms with Gasteiger partial charge in [0.1, 0.15) is 18.2 Å². The fraction of sp³-hybridized carbons (Fsp3) is 0.409. The van der Waals surface area contributed by atoms with Crippen LogP contribution in [-0.2, 0) is 13.1 Å². The molecule has 2 aromatic rings. The smallest absolute Gasteiger partial charge is 0.191 e. The Bertz CT molecular complexity index is 747. The fourth-order valence-electron chi connectivity index (χ4n) is 2.84. The first kappa shape index (κ1) is 21.7. The summed E-state index contributed by atoms with van der Waals surface area (Å²) in [6.45, 7) is 8.84. The van der Waals surface area contributed by atoms with Crippen LogP contribution in [0.3, 0.4) is 0 Å². The number of halogens is 1. The van der Waals surface area contributed by atoms with Gasteiger partial charge in [-0.3, -0.25) is 4.99 Å². The second kappa shape index (κ2) is 12.0. The van der Waals surface area contributed by atoms with Crippen LogP contribution in [0.5, 0.6) is 5.75 Å². The van der Waals surface area contributed by atoms with Crippen LogP contribution in [-0.4, -0.2) is 44.1 Å². The van der Waals surface area contributed by atoms with Crippen molar-refractivity contribution in [3.8, 4) is 5.75 Å². The molecule has 28 heavy (non-hydrogen) atoms. The van der Waals surface area contributed by atoms with Crippen molar-refractivity contribution in [1.29, 1.82) is 0 Å². The minimum Gasteiger partial charge on any atom is -0.492 e. The third-order valence-electron chi connectivity index (χ3n) is 4.61. The Hall–Kier alpha value is -2.60. The first-order valence-corrected chi connectivity index (χ1v) is 9.78. The maximum Gasteiger partial charge on any atom is 0.191 e. The average Bonchev–Trinajstić information content (AvgIpc) is 2.73. The zero-order valence-corrected chi connectivity index (χ0v) is 17.0. The van der Waals surface area contributed by atoms with Crippen LogP contribution in [0.2, 0.25) is 0 Å². The Balaban J connectivity index is 1.87. The van der Waals surface area contributed by atoms with Crippen LogP contribution in [0.15, 0.2) is 53.5 Å². The third-order valence-corrected chi connectivity index (χ3v) is 4.61. The highest BCUT2D eigenvalue weighted by Gasteiger charge is 2.07. The van der Waals surface area contributed by atoms with Crippen molar-refractivity contribution in [3.05, 3.63) is 65.5 Å². The number of rotatable bonds is 10. The normalized spacial score (nSPS) is 11.5. The highest BCUT2D eigenvalue weighted by molar-refractivity contribution is 5.79. The number of hydrogen-bond donors (Lipinski definition) is 2. The second-order valence-corrected chi connectivity index (χ2v) is 6.35. The molecule has 0 aromatic heterocycles. The third kappa shape index (κ3) is 6.85. The molecule has 2 rings (SSSR count). The molecule has 5 nitrogen and oxygen atoms in total. The van der Waals surface area contributed by atoms with E-state index in [0.717, 1.165) is 30.9 Å². The number of benzene rings is 2. The largest absolute Gasteiger partial charge is 0.492 e. The number of nitrogens with zero attached hydrogens (tertiary/aromatic N) is 2. The number of para-hydroxylation sites is 1. The summed E-state index contributed by atoms with van der Waals surface area (Å²) in [6.07, 6.45) is 0. The van der Waals surface area contributed by atoms with Crippen LogP contribution in [0.1, 0.15) is 25.0 Å². The Labute approximate surface area is 167 Å². The van der Waals surface area contributed by atoms with E-state index in [0.29, 0.717) is 31.2 Å². The zero-order valence-electron chi connectivity index (χ0n) is 17.0. The van der Waals surface area contributed by atoms with E-state index < -0.39 is 0 Å². The van der Waals surface area contributed by atoms with Gasteiger partial charge in [-0.1, -0.05) is 50.2 Å². The Morgan fingerprint density at radius 3 is 2.21 bits per heavy atom. The van der Waals surface area contributed by atoms with Gasteiger partial charge in [0.05, 0.1) is 0 Å². The molecule has 0 saturated carbocycles. The van der Waals surface area contributed by atoms with E-state index in [1.807, 2.05) is 30.3 Å². The molecular formula is C22H31FN4O. The Morgan fingerprint density at radius 2 is 1.57 bits per heavy atom. The van der Waals surface area contributed by atoms with Gasteiger partial charge in [-0.05, 0) is 25.2 Å². The molecule has 0 unspecified atom stereocenters. The molecular weight excluding hydrogens is 355 g/mol. The van der Waals surface area contributed by atoms with Gasteiger partial charge in [0.15, 0.2) is 5.96 Å². The first-order valence-electron chi connectivity index (χ1n) is 9.78. The summed E-state index contributed by atoms with van der Waals surface area (Å²) in [5.74, 6) is 1.25. The van der Waals surface area contributed by atoms with E-state index in [-0.39, 0.29) is 5.82 Å². The monoisotopic (exact) mass is 386 g/mol. The molecule has 0 heterocycles. The first-order chi connectivity index (χ1) is 13.7. The highest BCUT2D eigenvalue weighted by Crippen LogP contribution is 2.17. The van der Waals surface area contributed by atoms with E-state index in [1.54, 1.807) is 19.2 Å². The van der Waals surface area contributed by atoms with Gasteiger partial charge in [-0.15, -0.1) is 0 Å². The van der Waals surface area contributed by atoms with Crippen molar-refractivity contribution in [2.75, 3.05) is 33.3 Å². The quantitative estimate of drug-likeness (QED) is 0.485. The molecule has 0 aliphatic carbocycles. The predicted molar refractivity (Wildman–Crippen MR) is 113 cm³/mol. The summed E-state index contributed by atoms with van der Waals surface area (Å²) < 4.78 is 19.7. The van der Waals surface area contributed by atoms with Crippen molar-refractivity contribution >= 4 is 5.96 Å². The van der Waals surface area contributed by atoms with Gasteiger partial charge in [0.25, 0.3) is 0 Å². The number of nitrogens with one attached hydrogen (secondary N) is 2. The molecule has 0 aliphatic heterocycles. The fourth-order valence-corrected chi connectivity index (χ4v) is 2.84.